The highest BCUT2D eigenvalue weighted by atomic mass is 16.2. The van der Waals surface area contributed by atoms with Gasteiger partial charge in [0.25, 0.3) is 0 Å². The lowest BCUT2D eigenvalue weighted by molar-refractivity contribution is -0.145. The summed E-state index contributed by atoms with van der Waals surface area (Å²) >= 11 is 0. The topological polar surface area (TPSA) is 46.3 Å². The van der Waals surface area contributed by atoms with Crippen LogP contribution in [0, 0.1) is 5.41 Å². The van der Waals surface area contributed by atoms with Crippen molar-refractivity contribution in [1.29, 1.82) is 0 Å². The maximum atomic E-state index is 12.6. The Morgan fingerprint density at radius 2 is 1.94 bits per heavy atom. The van der Waals surface area contributed by atoms with Crippen LogP contribution in [0.15, 0.2) is 0 Å². The Morgan fingerprint density at radius 1 is 1.31 bits per heavy atom. The van der Waals surface area contributed by atoms with Crippen LogP contribution in [0.1, 0.15) is 51.9 Å². The number of carbonyl (C=O) groups excluding carboxylic acids is 1. The summed E-state index contributed by atoms with van der Waals surface area (Å²) in [6.07, 6.45) is 8.20. The quantitative estimate of drug-likeness (QED) is 0.793. The van der Waals surface area contributed by atoms with E-state index < -0.39 is 0 Å². The van der Waals surface area contributed by atoms with Crippen LogP contribution in [-0.2, 0) is 4.79 Å². The van der Waals surface area contributed by atoms with Crippen LogP contribution in [0.5, 0.6) is 0 Å². The zero-order valence-corrected chi connectivity index (χ0v) is 10.4. The molecule has 0 aromatic carbocycles. The van der Waals surface area contributed by atoms with E-state index in [9.17, 15) is 4.79 Å². The summed E-state index contributed by atoms with van der Waals surface area (Å²) in [7, 11) is 0. The monoisotopic (exact) mass is 224 g/mol. The third-order valence-electron chi connectivity index (χ3n) is 4.37. The van der Waals surface area contributed by atoms with E-state index in [-0.39, 0.29) is 5.41 Å². The van der Waals surface area contributed by atoms with Gasteiger partial charge in [-0.1, -0.05) is 19.8 Å². The van der Waals surface area contributed by atoms with Gasteiger partial charge >= 0.3 is 0 Å². The average molecular weight is 224 g/mol. The molecule has 1 amide bonds. The average Bonchev–Trinajstić information content (AvgIpc) is 2.62. The molecule has 0 spiro atoms. The Labute approximate surface area is 98.4 Å². The van der Waals surface area contributed by atoms with Crippen molar-refractivity contribution in [3.05, 3.63) is 0 Å². The Morgan fingerprint density at radius 3 is 2.38 bits per heavy atom. The molecule has 3 nitrogen and oxygen atoms in total. The largest absolute Gasteiger partial charge is 0.338 e. The number of hydrogen-bond acceptors (Lipinski definition) is 2. The highest BCUT2D eigenvalue weighted by molar-refractivity contribution is 5.83. The molecule has 0 aromatic rings. The molecule has 2 fully saturated rings. The molecule has 0 saturated heterocycles. The summed E-state index contributed by atoms with van der Waals surface area (Å²) in [5.74, 6) is 0.375. The van der Waals surface area contributed by atoms with E-state index in [4.69, 9.17) is 5.73 Å². The first-order valence-corrected chi connectivity index (χ1v) is 6.68. The summed E-state index contributed by atoms with van der Waals surface area (Å²) in [6.45, 7) is 3.49. The van der Waals surface area contributed by atoms with E-state index in [1.807, 2.05) is 0 Å². The summed E-state index contributed by atoms with van der Waals surface area (Å²) in [5.41, 5.74) is 5.55. The molecule has 16 heavy (non-hydrogen) atoms. The fourth-order valence-electron chi connectivity index (χ4n) is 3.00. The van der Waals surface area contributed by atoms with Crippen molar-refractivity contribution in [2.24, 2.45) is 11.1 Å². The Balaban J connectivity index is 2.03. The van der Waals surface area contributed by atoms with E-state index in [0.29, 0.717) is 18.5 Å². The van der Waals surface area contributed by atoms with E-state index in [1.165, 1.54) is 32.1 Å². The maximum Gasteiger partial charge on any atom is 0.228 e. The van der Waals surface area contributed by atoms with E-state index in [1.54, 1.807) is 0 Å². The molecule has 2 aliphatic rings. The van der Waals surface area contributed by atoms with Gasteiger partial charge in [-0.2, -0.15) is 0 Å². The van der Waals surface area contributed by atoms with Crippen molar-refractivity contribution in [1.82, 2.24) is 4.90 Å². The molecular weight excluding hydrogens is 200 g/mol. The zero-order valence-electron chi connectivity index (χ0n) is 10.4. The van der Waals surface area contributed by atoms with Crippen molar-refractivity contribution >= 4 is 5.91 Å². The lowest BCUT2D eigenvalue weighted by Gasteiger charge is -2.41. The Kier molecular flexibility index (Phi) is 3.53. The summed E-state index contributed by atoms with van der Waals surface area (Å²) in [4.78, 5) is 14.6. The Hall–Kier alpha value is -0.570. The molecule has 0 aliphatic heterocycles. The second kappa shape index (κ2) is 4.74. The van der Waals surface area contributed by atoms with Crippen molar-refractivity contribution < 1.29 is 4.79 Å². The second-order valence-corrected chi connectivity index (χ2v) is 5.64. The third kappa shape index (κ3) is 2.10. The van der Waals surface area contributed by atoms with Gasteiger partial charge in [0.05, 0.1) is 0 Å². The van der Waals surface area contributed by atoms with Crippen molar-refractivity contribution in [3.63, 3.8) is 0 Å². The van der Waals surface area contributed by atoms with E-state index in [2.05, 4.69) is 11.8 Å². The van der Waals surface area contributed by atoms with Crippen LogP contribution in [-0.4, -0.2) is 29.9 Å². The highest BCUT2D eigenvalue weighted by Gasteiger charge is 2.41. The minimum absolute atomic E-state index is 0.0786. The molecule has 3 heteroatoms. The van der Waals surface area contributed by atoms with Crippen LogP contribution in [0.2, 0.25) is 0 Å². The minimum Gasteiger partial charge on any atom is -0.338 e. The standard InChI is InChI=1S/C13H24N2O/c1-13(7-2-3-8-13)12(16)15(10-9-14)11-5-4-6-11/h11H,2-10,14H2,1H3. The second-order valence-electron chi connectivity index (χ2n) is 5.64. The number of amides is 1. The summed E-state index contributed by atoms with van der Waals surface area (Å²) in [5, 5.41) is 0. The molecule has 2 N–H and O–H groups in total. The summed E-state index contributed by atoms with van der Waals surface area (Å²) in [6, 6.07) is 0.494. The van der Waals surface area contributed by atoms with Gasteiger partial charge in [0.15, 0.2) is 0 Å². The molecule has 92 valence electrons. The van der Waals surface area contributed by atoms with Crippen molar-refractivity contribution in [2.45, 2.75) is 57.9 Å². The van der Waals surface area contributed by atoms with Gasteiger partial charge in [-0.05, 0) is 32.1 Å². The van der Waals surface area contributed by atoms with Gasteiger partial charge in [-0.15, -0.1) is 0 Å². The normalized spacial score (nSPS) is 24.1. The minimum atomic E-state index is -0.0786. The van der Waals surface area contributed by atoms with Crippen LogP contribution in [0.4, 0.5) is 0 Å². The fraction of sp³-hybridized carbons (Fsp3) is 0.923. The number of rotatable bonds is 4. The maximum absolute atomic E-state index is 12.6. The fourth-order valence-corrected chi connectivity index (χ4v) is 3.00. The van der Waals surface area contributed by atoms with Crippen LogP contribution < -0.4 is 5.73 Å². The SMILES string of the molecule is CC1(C(=O)N(CCN)C2CCC2)CCCC1. The number of carbonyl (C=O) groups is 1. The first-order chi connectivity index (χ1) is 7.67. The van der Waals surface area contributed by atoms with Crippen LogP contribution >= 0.6 is 0 Å². The molecule has 0 radical (unpaired) electrons. The van der Waals surface area contributed by atoms with Gasteiger partial charge < -0.3 is 10.6 Å². The molecular formula is C13H24N2O. The highest BCUT2D eigenvalue weighted by Crippen LogP contribution is 2.40. The first kappa shape index (κ1) is 11.9. The lowest BCUT2D eigenvalue weighted by atomic mass is 9.84. The molecule has 0 bridgehead atoms. The number of nitrogens with two attached hydrogens (primary N) is 1. The predicted octanol–water partition coefficient (Wildman–Crippen LogP) is 1.91. The first-order valence-electron chi connectivity index (χ1n) is 6.68. The molecule has 2 rings (SSSR count). The van der Waals surface area contributed by atoms with E-state index >= 15 is 0 Å². The molecule has 0 unspecified atom stereocenters. The smallest absolute Gasteiger partial charge is 0.228 e. The zero-order chi connectivity index (χ0) is 11.6. The Bertz CT molecular complexity index is 255. The van der Waals surface area contributed by atoms with E-state index in [0.717, 1.165) is 19.4 Å². The van der Waals surface area contributed by atoms with Crippen LogP contribution in [0.25, 0.3) is 0 Å². The molecule has 0 aromatic heterocycles. The lowest BCUT2D eigenvalue weighted by Crippen LogP contribution is -2.51. The number of hydrogen-bond donors (Lipinski definition) is 1. The van der Waals surface area contributed by atoms with Crippen molar-refractivity contribution in [3.8, 4) is 0 Å². The summed E-state index contributed by atoms with van der Waals surface area (Å²) < 4.78 is 0. The van der Waals surface area contributed by atoms with Gasteiger partial charge in [-0.25, -0.2) is 0 Å². The van der Waals surface area contributed by atoms with Crippen LogP contribution in [0.3, 0.4) is 0 Å². The molecule has 0 heterocycles. The number of nitrogens with zero attached hydrogens (tertiary/aromatic N) is 1. The van der Waals surface area contributed by atoms with Gasteiger partial charge in [0.2, 0.25) is 5.91 Å². The van der Waals surface area contributed by atoms with Crippen molar-refractivity contribution in [2.75, 3.05) is 13.1 Å². The van der Waals surface area contributed by atoms with Gasteiger partial charge in [0, 0.05) is 24.5 Å². The molecule has 2 saturated carbocycles. The predicted molar refractivity (Wildman–Crippen MR) is 65.0 cm³/mol. The molecule has 2 aliphatic carbocycles. The molecule has 0 atom stereocenters. The third-order valence-corrected chi connectivity index (χ3v) is 4.37. The van der Waals surface area contributed by atoms with Gasteiger partial charge in [0.1, 0.15) is 0 Å². The van der Waals surface area contributed by atoms with Gasteiger partial charge in [-0.3, -0.25) is 4.79 Å².